The second kappa shape index (κ2) is 7.21. The molecule has 1 fully saturated rings. The fourth-order valence-electron chi connectivity index (χ4n) is 2.82. The van der Waals surface area contributed by atoms with Crippen LogP contribution in [-0.4, -0.2) is 36.8 Å². The van der Waals surface area contributed by atoms with Gasteiger partial charge in [-0.05, 0) is 44.0 Å². The molecule has 128 valence electrons. The molecule has 0 aromatic heterocycles. The average molecular weight is 330 g/mol. The molecule has 0 radical (unpaired) electrons. The van der Waals surface area contributed by atoms with Gasteiger partial charge in [-0.1, -0.05) is 12.1 Å². The standard InChI is InChI=1S/C16H21F3N2O2/c1-11-9-13(7-8-20-11)15(22)21(2)10-12-3-5-14(6-4-12)23-16(17,18)19/h3-6,11,13,20H,7-10H2,1-2H3/t11-,13-/m0/s1. The van der Waals surface area contributed by atoms with Crippen LogP contribution in [0.5, 0.6) is 5.75 Å². The van der Waals surface area contributed by atoms with E-state index in [0.29, 0.717) is 12.6 Å². The molecule has 1 N–H and O–H groups in total. The van der Waals surface area contributed by atoms with Gasteiger partial charge in [-0.3, -0.25) is 4.79 Å². The quantitative estimate of drug-likeness (QED) is 0.923. The number of piperidine rings is 1. The number of carbonyl (C=O) groups excluding carboxylic acids is 1. The number of carbonyl (C=O) groups is 1. The van der Waals surface area contributed by atoms with Crippen molar-refractivity contribution in [3.63, 3.8) is 0 Å². The third-order valence-corrected chi connectivity index (χ3v) is 3.93. The van der Waals surface area contributed by atoms with Crippen LogP contribution >= 0.6 is 0 Å². The van der Waals surface area contributed by atoms with E-state index in [4.69, 9.17) is 0 Å². The molecule has 0 unspecified atom stereocenters. The number of amides is 1. The maximum Gasteiger partial charge on any atom is 0.573 e. The summed E-state index contributed by atoms with van der Waals surface area (Å²) in [6, 6.07) is 5.91. The summed E-state index contributed by atoms with van der Waals surface area (Å²) in [6.45, 7) is 3.25. The van der Waals surface area contributed by atoms with Gasteiger partial charge in [0.2, 0.25) is 5.91 Å². The molecular formula is C16H21F3N2O2. The van der Waals surface area contributed by atoms with Crippen molar-refractivity contribution in [2.24, 2.45) is 5.92 Å². The van der Waals surface area contributed by atoms with Gasteiger partial charge in [0.05, 0.1) is 0 Å². The Morgan fingerprint density at radius 3 is 2.57 bits per heavy atom. The first kappa shape index (κ1) is 17.6. The Morgan fingerprint density at radius 2 is 2.00 bits per heavy atom. The lowest BCUT2D eigenvalue weighted by molar-refractivity contribution is -0.274. The molecule has 0 saturated carbocycles. The van der Waals surface area contributed by atoms with E-state index in [-0.39, 0.29) is 17.6 Å². The lowest BCUT2D eigenvalue weighted by Crippen LogP contribution is -2.42. The van der Waals surface area contributed by atoms with Crippen molar-refractivity contribution in [3.8, 4) is 5.75 Å². The molecule has 1 aliphatic heterocycles. The summed E-state index contributed by atoms with van der Waals surface area (Å²) in [7, 11) is 1.72. The Morgan fingerprint density at radius 1 is 1.35 bits per heavy atom. The molecule has 2 atom stereocenters. The third kappa shape index (κ3) is 5.42. The lowest BCUT2D eigenvalue weighted by Gasteiger charge is -2.30. The lowest BCUT2D eigenvalue weighted by atomic mass is 9.92. The van der Waals surface area contributed by atoms with Crippen LogP contribution in [0.25, 0.3) is 0 Å². The zero-order chi connectivity index (χ0) is 17.0. The second-order valence-electron chi connectivity index (χ2n) is 5.96. The number of nitrogens with one attached hydrogen (secondary N) is 1. The van der Waals surface area contributed by atoms with Crippen molar-refractivity contribution in [3.05, 3.63) is 29.8 Å². The highest BCUT2D eigenvalue weighted by Gasteiger charge is 2.31. The normalized spacial score (nSPS) is 21.8. The summed E-state index contributed by atoms with van der Waals surface area (Å²) in [5, 5.41) is 3.30. The van der Waals surface area contributed by atoms with Gasteiger partial charge in [0.25, 0.3) is 0 Å². The Labute approximate surface area is 133 Å². The van der Waals surface area contributed by atoms with Crippen LogP contribution in [0, 0.1) is 5.92 Å². The molecule has 1 aliphatic rings. The van der Waals surface area contributed by atoms with Crippen LogP contribution in [-0.2, 0) is 11.3 Å². The van der Waals surface area contributed by atoms with Crippen LogP contribution in [0.15, 0.2) is 24.3 Å². The minimum absolute atomic E-state index is 0.00378. The first-order chi connectivity index (χ1) is 10.7. The fourth-order valence-corrected chi connectivity index (χ4v) is 2.82. The molecule has 1 heterocycles. The molecule has 1 saturated heterocycles. The number of benzene rings is 1. The van der Waals surface area contributed by atoms with Gasteiger partial charge in [-0.2, -0.15) is 0 Å². The largest absolute Gasteiger partial charge is 0.573 e. The monoisotopic (exact) mass is 330 g/mol. The number of hydrogen-bond donors (Lipinski definition) is 1. The highest BCUT2D eigenvalue weighted by molar-refractivity contribution is 5.78. The van der Waals surface area contributed by atoms with Gasteiger partial charge >= 0.3 is 6.36 Å². The van der Waals surface area contributed by atoms with Crippen LogP contribution < -0.4 is 10.1 Å². The minimum atomic E-state index is -4.69. The Balaban J connectivity index is 1.91. The number of nitrogens with zero attached hydrogens (tertiary/aromatic N) is 1. The summed E-state index contributed by atoms with van der Waals surface area (Å²) in [5.41, 5.74) is 0.761. The summed E-state index contributed by atoms with van der Waals surface area (Å²) < 4.78 is 40.2. The summed E-state index contributed by atoms with van der Waals surface area (Å²) in [4.78, 5) is 14.1. The van der Waals surface area contributed by atoms with Gasteiger partial charge in [0.1, 0.15) is 5.75 Å². The van der Waals surface area contributed by atoms with Crippen LogP contribution in [0.4, 0.5) is 13.2 Å². The van der Waals surface area contributed by atoms with E-state index in [1.165, 1.54) is 24.3 Å². The molecule has 1 amide bonds. The van der Waals surface area contributed by atoms with E-state index in [9.17, 15) is 18.0 Å². The number of halogens is 3. The van der Waals surface area contributed by atoms with Crippen molar-refractivity contribution >= 4 is 5.91 Å². The Bertz CT molecular complexity index is 531. The van der Waals surface area contributed by atoms with Gasteiger partial charge in [0, 0.05) is 25.6 Å². The van der Waals surface area contributed by atoms with Gasteiger partial charge in [0.15, 0.2) is 0 Å². The van der Waals surface area contributed by atoms with E-state index in [2.05, 4.69) is 17.0 Å². The van der Waals surface area contributed by atoms with Crippen LogP contribution in [0.3, 0.4) is 0 Å². The van der Waals surface area contributed by atoms with Crippen LogP contribution in [0.2, 0.25) is 0 Å². The van der Waals surface area contributed by atoms with Crippen molar-refractivity contribution in [2.45, 2.75) is 38.7 Å². The predicted octanol–water partition coefficient (Wildman–Crippen LogP) is 2.93. The maximum absolute atomic E-state index is 12.4. The topological polar surface area (TPSA) is 41.6 Å². The van der Waals surface area contributed by atoms with E-state index in [1.54, 1.807) is 11.9 Å². The van der Waals surface area contributed by atoms with Crippen molar-refractivity contribution in [1.29, 1.82) is 0 Å². The second-order valence-corrected chi connectivity index (χ2v) is 5.96. The summed E-state index contributed by atoms with van der Waals surface area (Å²) >= 11 is 0. The number of hydrogen-bond acceptors (Lipinski definition) is 3. The molecule has 7 heteroatoms. The van der Waals surface area contributed by atoms with Crippen molar-refractivity contribution in [2.75, 3.05) is 13.6 Å². The predicted molar refractivity (Wildman–Crippen MR) is 79.8 cm³/mol. The third-order valence-electron chi connectivity index (χ3n) is 3.93. The SMILES string of the molecule is C[C@H]1C[C@@H](C(=O)N(C)Cc2ccc(OC(F)(F)F)cc2)CCN1. The number of alkyl halides is 3. The van der Waals surface area contributed by atoms with E-state index in [1.807, 2.05) is 0 Å². The Kier molecular flexibility index (Phi) is 5.51. The molecule has 0 aliphatic carbocycles. The summed E-state index contributed by atoms with van der Waals surface area (Å²) in [6.07, 6.45) is -3.08. The van der Waals surface area contributed by atoms with Gasteiger partial charge in [-0.25, -0.2) is 0 Å². The molecule has 2 rings (SSSR count). The van der Waals surface area contributed by atoms with Gasteiger partial charge in [-0.15, -0.1) is 13.2 Å². The van der Waals surface area contributed by atoms with Gasteiger partial charge < -0.3 is 15.0 Å². The number of ether oxygens (including phenoxy) is 1. The Hall–Kier alpha value is -1.76. The van der Waals surface area contributed by atoms with Crippen molar-refractivity contribution in [1.82, 2.24) is 10.2 Å². The van der Waals surface area contributed by atoms with E-state index in [0.717, 1.165) is 24.9 Å². The molecular weight excluding hydrogens is 309 g/mol. The van der Waals surface area contributed by atoms with E-state index < -0.39 is 6.36 Å². The van der Waals surface area contributed by atoms with E-state index >= 15 is 0 Å². The first-order valence-electron chi connectivity index (χ1n) is 7.57. The smallest absolute Gasteiger partial charge is 0.406 e. The highest BCUT2D eigenvalue weighted by Crippen LogP contribution is 2.23. The van der Waals surface area contributed by atoms with Crippen LogP contribution in [0.1, 0.15) is 25.3 Å². The molecule has 0 spiro atoms. The maximum atomic E-state index is 12.4. The molecule has 4 nitrogen and oxygen atoms in total. The first-order valence-corrected chi connectivity index (χ1v) is 7.57. The molecule has 1 aromatic rings. The zero-order valence-electron chi connectivity index (χ0n) is 13.2. The number of rotatable bonds is 4. The average Bonchev–Trinajstić information content (AvgIpc) is 2.47. The fraction of sp³-hybridized carbons (Fsp3) is 0.562. The highest BCUT2D eigenvalue weighted by atomic mass is 19.4. The molecule has 0 bridgehead atoms. The summed E-state index contributed by atoms with van der Waals surface area (Å²) in [5.74, 6) is -0.180. The molecule has 1 aromatic carbocycles. The van der Waals surface area contributed by atoms with Crippen molar-refractivity contribution < 1.29 is 22.7 Å². The molecule has 23 heavy (non-hydrogen) atoms. The zero-order valence-corrected chi connectivity index (χ0v) is 13.2. The minimum Gasteiger partial charge on any atom is -0.406 e.